The molecule has 0 aliphatic heterocycles. The van der Waals surface area contributed by atoms with Crippen molar-refractivity contribution in [1.29, 1.82) is 0 Å². The van der Waals surface area contributed by atoms with Crippen LogP contribution in [0.1, 0.15) is 25.7 Å². The number of hydrogen-bond donors (Lipinski definition) is 0. The van der Waals surface area contributed by atoms with Crippen LogP contribution >= 0.6 is 0 Å². The molecule has 2 heteroatoms. The molecule has 0 atom stereocenters. The first-order chi connectivity index (χ1) is 4.29. The van der Waals surface area contributed by atoms with Gasteiger partial charge in [0, 0.05) is 0 Å². The predicted octanol–water partition coefficient (Wildman–Crippen LogP) is 0.994. The SMILES string of the molecule is C[N](C)[GeH2][CH]1CCCC1. The van der Waals surface area contributed by atoms with Gasteiger partial charge in [-0.3, -0.25) is 0 Å². The fourth-order valence-corrected chi connectivity index (χ4v) is 5.85. The molecule has 1 fully saturated rings. The minimum atomic E-state index is -0.247. The summed E-state index contributed by atoms with van der Waals surface area (Å²) in [5.74, 6) is 0. The summed E-state index contributed by atoms with van der Waals surface area (Å²) in [6.07, 6.45) is 6.14. The van der Waals surface area contributed by atoms with Gasteiger partial charge in [0.2, 0.25) is 0 Å². The van der Waals surface area contributed by atoms with Crippen molar-refractivity contribution in [3.63, 3.8) is 0 Å². The van der Waals surface area contributed by atoms with Crippen molar-refractivity contribution in [2.24, 2.45) is 0 Å². The molecule has 0 amide bonds. The third kappa shape index (κ3) is 2.72. The summed E-state index contributed by atoms with van der Waals surface area (Å²) in [5.41, 5.74) is 0. The van der Waals surface area contributed by atoms with Gasteiger partial charge in [-0.15, -0.1) is 0 Å². The van der Waals surface area contributed by atoms with E-state index in [1.54, 1.807) is 12.8 Å². The van der Waals surface area contributed by atoms with Gasteiger partial charge in [0.1, 0.15) is 0 Å². The minimum absolute atomic E-state index is 0.247. The van der Waals surface area contributed by atoms with Crippen molar-refractivity contribution in [1.82, 2.24) is 3.86 Å². The van der Waals surface area contributed by atoms with Crippen LogP contribution in [0.5, 0.6) is 0 Å². The summed E-state index contributed by atoms with van der Waals surface area (Å²) in [7, 11) is 4.50. The topological polar surface area (TPSA) is 3.24 Å². The van der Waals surface area contributed by atoms with Crippen LogP contribution in [-0.2, 0) is 0 Å². The van der Waals surface area contributed by atoms with Gasteiger partial charge >= 0.3 is 64.0 Å². The van der Waals surface area contributed by atoms with Crippen LogP contribution in [0.4, 0.5) is 0 Å². The van der Waals surface area contributed by atoms with Gasteiger partial charge in [0.05, 0.1) is 0 Å². The molecular weight excluding hydrogens is 171 g/mol. The van der Waals surface area contributed by atoms with Crippen molar-refractivity contribution in [3.8, 4) is 0 Å². The molecule has 1 rings (SSSR count). The molecule has 0 aromatic rings. The Hall–Kier alpha value is 0.503. The van der Waals surface area contributed by atoms with Crippen molar-refractivity contribution < 1.29 is 0 Å². The molecule has 0 bridgehead atoms. The summed E-state index contributed by atoms with van der Waals surface area (Å²) >= 11 is -0.247. The predicted molar refractivity (Wildman–Crippen MR) is 44.4 cm³/mol. The molecule has 0 radical (unpaired) electrons. The van der Waals surface area contributed by atoms with Crippen molar-refractivity contribution in [2.45, 2.75) is 30.4 Å². The number of nitrogens with zero attached hydrogens (tertiary/aromatic N) is 1. The normalized spacial score (nSPS) is 23.0. The molecule has 0 aromatic heterocycles. The fourth-order valence-electron chi connectivity index (χ4n) is 1.71. The summed E-state index contributed by atoms with van der Waals surface area (Å²) in [4.78, 5) is 0. The average Bonchev–Trinajstić information content (AvgIpc) is 2.15. The zero-order valence-corrected chi connectivity index (χ0v) is 9.53. The van der Waals surface area contributed by atoms with Crippen LogP contribution in [0.3, 0.4) is 0 Å². The van der Waals surface area contributed by atoms with E-state index in [-0.39, 0.29) is 15.7 Å². The molecule has 0 spiro atoms. The molecule has 54 valence electrons. The molecule has 1 saturated carbocycles. The molecule has 1 nitrogen and oxygen atoms in total. The molecule has 0 heterocycles. The van der Waals surface area contributed by atoms with Crippen molar-refractivity contribution in [3.05, 3.63) is 0 Å². The second-order valence-corrected chi connectivity index (χ2v) is 9.26. The molecule has 1 aliphatic rings. The Labute approximate surface area is 64.5 Å². The van der Waals surface area contributed by atoms with Gasteiger partial charge in [-0.05, 0) is 0 Å². The van der Waals surface area contributed by atoms with Crippen LogP contribution in [0.2, 0.25) is 4.75 Å². The zero-order chi connectivity index (χ0) is 6.69. The fraction of sp³-hybridized carbons (Fsp3) is 1.00. The van der Waals surface area contributed by atoms with Gasteiger partial charge in [-0.1, -0.05) is 0 Å². The van der Waals surface area contributed by atoms with E-state index in [9.17, 15) is 0 Å². The van der Waals surface area contributed by atoms with Gasteiger partial charge < -0.3 is 0 Å². The summed E-state index contributed by atoms with van der Waals surface area (Å²) in [5, 5.41) is 0. The molecule has 9 heavy (non-hydrogen) atoms. The van der Waals surface area contributed by atoms with Crippen LogP contribution in [0, 0.1) is 0 Å². The molecule has 1 aliphatic carbocycles. The monoisotopic (exact) mass is 189 g/mol. The maximum absolute atomic E-state index is 2.49. The second-order valence-electron chi connectivity index (χ2n) is 3.41. The summed E-state index contributed by atoms with van der Waals surface area (Å²) < 4.78 is 3.69. The Morgan fingerprint density at radius 3 is 2.22 bits per heavy atom. The van der Waals surface area contributed by atoms with Crippen LogP contribution in [0.15, 0.2) is 0 Å². The molecule has 0 saturated heterocycles. The summed E-state index contributed by atoms with van der Waals surface area (Å²) in [6, 6.07) is 0. The van der Waals surface area contributed by atoms with E-state index in [0.717, 1.165) is 0 Å². The quantitative estimate of drug-likeness (QED) is 0.584. The van der Waals surface area contributed by atoms with Crippen molar-refractivity contribution >= 4 is 15.7 Å². The van der Waals surface area contributed by atoms with Crippen LogP contribution in [-0.4, -0.2) is 33.6 Å². The van der Waals surface area contributed by atoms with Crippen molar-refractivity contribution in [2.75, 3.05) is 14.1 Å². The molecular formula is C7H17GeN. The number of rotatable bonds is 2. The Balaban J connectivity index is 2.11. The van der Waals surface area contributed by atoms with Gasteiger partial charge in [-0.25, -0.2) is 0 Å². The second kappa shape index (κ2) is 3.62. The van der Waals surface area contributed by atoms with E-state index in [1.807, 2.05) is 0 Å². The maximum atomic E-state index is 2.49. The number of hydrogen-bond acceptors (Lipinski definition) is 1. The van der Waals surface area contributed by atoms with E-state index in [4.69, 9.17) is 0 Å². The van der Waals surface area contributed by atoms with E-state index in [1.165, 1.54) is 17.6 Å². The van der Waals surface area contributed by atoms with E-state index in [0.29, 0.717) is 0 Å². The van der Waals surface area contributed by atoms with E-state index < -0.39 is 0 Å². The Morgan fingerprint density at radius 2 is 1.78 bits per heavy atom. The molecule has 0 N–H and O–H groups in total. The molecule has 0 aromatic carbocycles. The van der Waals surface area contributed by atoms with Crippen LogP contribution in [0.25, 0.3) is 0 Å². The standard InChI is InChI=1S/C7H17GeN/c1-9(2)8-7-5-3-4-6-7/h7H,3-6,8H2,1-2H3. The van der Waals surface area contributed by atoms with Gasteiger partial charge in [0.25, 0.3) is 0 Å². The van der Waals surface area contributed by atoms with Crippen LogP contribution < -0.4 is 0 Å². The van der Waals surface area contributed by atoms with Gasteiger partial charge in [0.15, 0.2) is 0 Å². The summed E-state index contributed by atoms with van der Waals surface area (Å²) in [6.45, 7) is 0. The Kier molecular flexibility index (Phi) is 3.06. The van der Waals surface area contributed by atoms with E-state index in [2.05, 4.69) is 18.0 Å². The average molecular weight is 188 g/mol. The van der Waals surface area contributed by atoms with Gasteiger partial charge in [-0.2, -0.15) is 0 Å². The third-order valence-corrected chi connectivity index (χ3v) is 6.43. The van der Waals surface area contributed by atoms with E-state index >= 15 is 0 Å². The third-order valence-electron chi connectivity index (χ3n) is 2.10. The first-order valence-electron chi connectivity index (χ1n) is 3.94. The zero-order valence-electron chi connectivity index (χ0n) is 6.56. The Morgan fingerprint density at radius 1 is 1.22 bits per heavy atom. The first kappa shape index (κ1) is 7.61. The first-order valence-corrected chi connectivity index (χ1v) is 6.98. The molecule has 0 unspecified atom stereocenters. The Bertz CT molecular complexity index is 77.0.